The van der Waals surface area contributed by atoms with Gasteiger partial charge in [-0.1, -0.05) is 31.9 Å². The molecule has 0 N–H and O–H groups in total. The molecule has 0 bridgehead atoms. The minimum atomic E-state index is 0.165. The van der Waals surface area contributed by atoms with E-state index in [1.165, 1.54) is 0 Å². The fourth-order valence-electron chi connectivity index (χ4n) is 2.24. The van der Waals surface area contributed by atoms with Crippen LogP contribution >= 0.6 is 54.5 Å². The van der Waals surface area contributed by atoms with Crippen molar-refractivity contribution in [3.8, 4) is 0 Å². The van der Waals surface area contributed by atoms with Crippen LogP contribution in [-0.4, -0.2) is 29.2 Å². The van der Waals surface area contributed by atoms with Gasteiger partial charge < -0.3 is 4.90 Å². The molecule has 1 aliphatic rings. The van der Waals surface area contributed by atoms with Gasteiger partial charge in [-0.05, 0) is 59.5 Å². The van der Waals surface area contributed by atoms with Gasteiger partial charge in [-0.15, -0.1) is 0 Å². The lowest BCUT2D eigenvalue weighted by Gasteiger charge is -2.17. The molecule has 1 unspecified atom stereocenters. The summed E-state index contributed by atoms with van der Waals surface area (Å²) in [5.74, 6) is 0.816. The number of nitrogens with zero attached hydrogens (tertiary/aromatic N) is 1. The predicted octanol–water partition coefficient (Wildman–Crippen LogP) is 4.30. The Kier molecular flexibility index (Phi) is 5.50. The van der Waals surface area contributed by atoms with Crippen molar-refractivity contribution < 1.29 is 4.79 Å². The van der Waals surface area contributed by atoms with Crippen molar-refractivity contribution in [3.63, 3.8) is 0 Å². The van der Waals surface area contributed by atoms with E-state index in [0.717, 1.165) is 44.9 Å². The van der Waals surface area contributed by atoms with Crippen LogP contribution in [0.1, 0.15) is 23.2 Å². The number of rotatable bonds is 3. The van der Waals surface area contributed by atoms with Crippen molar-refractivity contribution in [1.82, 2.24) is 4.90 Å². The molecule has 98 valence electrons. The standard InChI is InChI=1S/C13H14Br2INO/c14-5-3-9-4-6-17(8-9)13(18)11-7-10(15)1-2-12(11)16/h1-2,7,9H,3-6,8H2. The SMILES string of the molecule is O=C(c1cc(Br)ccc1I)N1CCC(CCBr)C1. The molecule has 1 aromatic rings. The topological polar surface area (TPSA) is 20.3 Å². The number of alkyl halides is 1. The van der Waals surface area contributed by atoms with Gasteiger partial charge in [-0.3, -0.25) is 4.79 Å². The Hall–Kier alpha value is 0.380. The van der Waals surface area contributed by atoms with E-state index in [1.807, 2.05) is 23.1 Å². The molecule has 5 heteroatoms. The summed E-state index contributed by atoms with van der Waals surface area (Å²) in [6, 6.07) is 5.86. The zero-order valence-electron chi connectivity index (χ0n) is 9.83. The number of amides is 1. The molecular formula is C13H14Br2INO. The van der Waals surface area contributed by atoms with Gasteiger partial charge in [0.05, 0.1) is 5.56 Å². The molecule has 2 nitrogen and oxygen atoms in total. The number of halogens is 3. The maximum atomic E-state index is 12.5. The number of benzene rings is 1. The molecule has 2 rings (SSSR count). The van der Waals surface area contributed by atoms with Crippen LogP contribution in [0, 0.1) is 9.49 Å². The van der Waals surface area contributed by atoms with E-state index in [1.54, 1.807) is 0 Å². The Morgan fingerprint density at radius 3 is 3.00 bits per heavy atom. The molecule has 1 heterocycles. The molecular weight excluding hydrogens is 473 g/mol. The van der Waals surface area contributed by atoms with E-state index in [9.17, 15) is 4.79 Å². The smallest absolute Gasteiger partial charge is 0.254 e. The monoisotopic (exact) mass is 485 g/mol. The van der Waals surface area contributed by atoms with Crippen molar-refractivity contribution in [1.29, 1.82) is 0 Å². The zero-order chi connectivity index (χ0) is 13.1. The Balaban J connectivity index is 2.10. The highest BCUT2D eigenvalue weighted by atomic mass is 127. The average molecular weight is 487 g/mol. The third-order valence-electron chi connectivity index (χ3n) is 3.25. The van der Waals surface area contributed by atoms with Crippen LogP contribution in [-0.2, 0) is 0 Å². The van der Waals surface area contributed by atoms with Gasteiger partial charge in [0.2, 0.25) is 0 Å². The van der Waals surface area contributed by atoms with Crippen LogP contribution in [0.2, 0.25) is 0 Å². The molecule has 1 aromatic carbocycles. The van der Waals surface area contributed by atoms with E-state index in [4.69, 9.17) is 0 Å². The summed E-state index contributed by atoms with van der Waals surface area (Å²) in [7, 11) is 0. The number of hydrogen-bond acceptors (Lipinski definition) is 1. The maximum absolute atomic E-state index is 12.5. The molecule has 1 amide bonds. The van der Waals surface area contributed by atoms with Gasteiger partial charge in [-0.2, -0.15) is 0 Å². The van der Waals surface area contributed by atoms with Gasteiger partial charge in [-0.25, -0.2) is 0 Å². The van der Waals surface area contributed by atoms with Crippen LogP contribution in [0.15, 0.2) is 22.7 Å². The van der Waals surface area contributed by atoms with Gasteiger partial charge in [0.15, 0.2) is 0 Å². The van der Waals surface area contributed by atoms with Gasteiger partial charge in [0.25, 0.3) is 5.91 Å². The Morgan fingerprint density at radius 1 is 1.50 bits per heavy atom. The van der Waals surface area contributed by atoms with Crippen molar-refractivity contribution in [2.75, 3.05) is 18.4 Å². The molecule has 0 aromatic heterocycles. The summed E-state index contributed by atoms with van der Waals surface area (Å²) >= 11 is 9.13. The largest absolute Gasteiger partial charge is 0.338 e. The molecule has 0 spiro atoms. The summed E-state index contributed by atoms with van der Waals surface area (Å²) in [5.41, 5.74) is 0.810. The van der Waals surface area contributed by atoms with Crippen molar-refractivity contribution >= 4 is 60.4 Å². The number of hydrogen-bond donors (Lipinski definition) is 0. The molecule has 18 heavy (non-hydrogen) atoms. The Labute approximate surface area is 138 Å². The third-order valence-corrected chi connectivity index (χ3v) is 5.14. The van der Waals surface area contributed by atoms with Crippen LogP contribution < -0.4 is 0 Å². The van der Waals surface area contributed by atoms with Gasteiger partial charge >= 0.3 is 0 Å². The zero-order valence-corrected chi connectivity index (χ0v) is 15.2. The third kappa shape index (κ3) is 3.48. The highest BCUT2D eigenvalue weighted by molar-refractivity contribution is 14.1. The van der Waals surface area contributed by atoms with Gasteiger partial charge in [0, 0.05) is 26.5 Å². The fourth-order valence-corrected chi connectivity index (χ4v) is 3.81. The first-order chi connectivity index (χ1) is 8.61. The number of likely N-dealkylation sites (tertiary alicyclic amines) is 1. The minimum absolute atomic E-state index is 0.165. The molecule has 1 fully saturated rings. The first kappa shape index (κ1) is 14.8. The van der Waals surface area contributed by atoms with Crippen LogP contribution in [0.5, 0.6) is 0 Å². The molecule has 0 radical (unpaired) electrons. The van der Waals surface area contributed by atoms with Crippen LogP contribution in [0.25, 0.3) is 0 Å². The molecule has 0 saturated carbocycles. The average Bonchev–Trinajstić information content (AvgIpc) is 2.80. The lowest BCUT2D eigenvalue weighted by atomic mass is 10.1. The summed E-state index contributed by atoms with van der Waals surface area (Å²) in [4.78, 5) is 14.4. The summed E-state index contributed by atoms with van der Waals surface area (Å²) in [5, 5.41) is 1.02. The lowest BCUT2D eigenvalue weighted by molar-refractivity contribution is 0.0786. The number of carbonyl (C=O) groups excluding carboxylic acids is 1. The van der Waals surface area contributed by atoms with Crippen molar-refractivity contribution in [2.24, 2.45) is 5.92 Å². The van der Waals surface area contributed by atoms with E-state index >= 15 is 0 Å². The normalized spacial score (nSPS) is 19.3. The molecule has 1 atom stereocenters. The van der Waals surface area contributed by atoms with E-state index in [0.29, 0.717) is 5.92 Å². The van der Waals surface area contributed by atoms with Crippen molar-refractivity contribution in [3.05, 3.63) is 31.8 Å². The highest BCUT2D eigenvalue weighted by Gasteiger charge is 2.27. The Bertz CT molecular complexity index is 453. The van der Waals surface area contributed by atoms with Crippen LogP contribution in [0.4, 0.5) is 0 Å². The van der Waals surface area contributed by atoms with E-state index in [-0.39, 0.29) is 5.91 Å². The second-order valence-corrected chi connectivity index (χ2v) is 7.38. The van der Waals surface area contributed by atoms with E-state index < -0.39 is 0 Å². The lowest BCUT2D eigenvalue weighted by Crippen LogP contribution is -2.29. The fraction of sp³-hybridized carbons (Fsp3) is 0.462. The Morgan fingerprint density at radius 2 is 2.28 bits per heavy atom. The van der Waals surface area contributed by atoms with E-state index in [2.05, 4.69) is 54.5 Å². The molecule has 1 aliphatic heterocycles. The summed E-state index contributed by atoms with van der Waals surface area (Å²) in [6.07, 6.45) is 2.28. The molecule has 1 saturated heterocycles. The van der Waals surface area contributed by atoms with Crippen LogP contribution in [0.3, 0.4) is 0 Å². The second kappa shape index (κ2) is 6.70. The quantitative estimate of drug-likeness (QED) is 0.461. The van der Waals surface area contributed by atoms with Gasteiger partial charge in [0.1, 0.15) is 0 Å². The molecule has 0 aliphatic carbocycles. The first-order valence-corrected chi connectivity index (χ1v) is 8.91. The predicted molar refractivity (Wildman–Crippen MR) is 89.3 cm³/mol. The summed E-state index contributed by atoms with van der Waals surface area (Å²) < 4.78 is 1.98. The second-order valence-electron chi connectivity index (χ2n) is 4.51. The summed E-state index contributed by atoms with van der Waals surface area (Å²) in [6.45, 7) is 1.78. The van der Waals surface area contributed by atoms with Crippen molar-refractivity contribution in [2.45, 2.75) is 12.8 Å². The highest BCUT2D eigenvalue weighted by Crippen LogP contribution is 2.25. The minimum Gasteiger partial charge on any atom is -0.338 e. The number of carbonyl (C=O) groups is 1. The first-order valence-electron chi connectivity index (χ1n) is 5.92. The maximum Gasteiger partial charge on any atom is 0.254 e.